The van der Waals surface area contributed by atoms with Gasteiger partial charge in [0.1, 0.15) is 0 Å². The van der Waals surface area contributed by atoms with Crippen molar-refractivity contribution in [3.8, 4) is 0 Å². The Kier molecular flexibility index (Phi) is 3.99. The van der Waals surface area contributed by atoms with Crippen LogP contribution in [0.2, 0.25) is 0 Å². The zero-order valence-corrected chi connectivity index (χ0v) is 11.0. The predicted octanol–water partition coefficient (Wildman–Crippen LogP) is 0.982. The van der Waals surface area contributed by atoms with Gasteiger partial charge in [-0.1, -0.05) is 19.1 Å². The third-order valence-corrected chi connectivity index (χ3v) is 3.90. The molecule has 1 saturated heterocycles. The van der Waals surface area contributed by atoms with Gasteiger partial charge in [-0.15, -0.1) is 0 Å². The molecule has 1 heterocycles. The van der Waals surface area contributed by atoms with Gasteiger partial charge in [0, 0.05) is 6.61 Å². The number of nitrogens with two attached hydrogens (primary N) is 1. The number of rotatable bonds is 5. The molecule has 0 bridgehead atoms. The number of hydrogen-bond donors (Lipinski definition) is 2. The lowest BCUT2D eigenvalue weighted by atomic mass is 9.98. The molecule has 96 valence electrons. The summed E-state index contributed by atoms with van der Waals surface area (Å²) in [6.45, 7) is 2.72. The number of thiocarbonyl (C=S) groups is 1. The molecule has 4 nitrogen and oxygen atoms in total. The predicted molar refractivity (Wildman–Crippen MR) is 69.6 cm³/mol. The van der Waals surface area contributed by atoms with E-state index in [9.17, 15) is 4.79 Å². The fourth-order valence-electron chi connectivity index (χ4n) is 2.46. The van der Waals surface area contributed by atoms with Crippen LogP contribution in [-0.4, -0.2) is 29.6 Å². The molecule has 1 amide bonds. The van der Waals surface area contributed by atoms with E-state index in [2.05, 4.69) is 5.32 Å². The van der Waals surface area contributed by atoms with Gasteiger partial charge >= 0.3 is 0 Å². The third kappa shape index (κ3) is 2.96. The molecule has 0 radical (unpaired) electrons. The Hall–Kier alpha value is -0.680. The molecule has 0 spiro atoms. The Bertz CT molecular complexity index is 318. The topological polar surface area (TPSA) is 64.3 Å². The minimum Gasteiger partial charge on any atom is -0.392 e. The van der Waals surface area contributed by atoms with Crippen molar-refractivity contribution in [3.05, 3.63) is 0 Å². The van der Waals surface area contributed by atoms with E-state index in [1.165, 1.54) is 0 Å². The van der Waals surface area contributed by atoms with Crippen molar-refractivity contribution < 1.29 is 9.53 Å². The van der Waals surface area contributed by atoms with Gasteiger partial charge in [-0.25, -0.2) is 0 Å². The molecule has 5 heteroatoms. The molecule has 1 aliphatic heterocycles. The standard InChI is InChI=1S/C12H20N2O2S/c1-2-9-8(5-6-16-9)12(15)14-10(11(13)17)7-3-4-7/h7-10H,2-6H2,1H3,(H2,13,17)(H,14,15). The third-order valence-electron chi connectivity index (χ3n) is 3.65. The van der Waals surface area contributed by atoms with Gasteiger partial charge in [-0.05, 0) is 31.6 Å². The molecular formula is C12H20N2O2S. The van der Waals surface area contributed by atoms with E-state index < -0.39 is 0 Å². The van der Waals surface area contributed by atoms with Crippen molar-refractivity contribution in [1.82, 2.24) is 5.32 Å². The molecule has 2 fully saturated rings. The summed E-state index contributed by atoms with van der Waals surface area (Å²) in [6, 6.07) is -0.115. The summed E-state index contributed by atoms with van der Waals surface area (Å²) in [7, 11) is 0. The van der Waals surface area contributed by atoms with Gasteiger partial charge in [-0.3, -0.25) is 4.79 Å². The van der Waals surface area contributed by atoms with Crippen LogP contribution >= 0.6 is 12.2 Å². The van der Waals surface area contributed by atoms with E-state index in [0.29, 0.717) is 17.5 Å². The van der Waals surface area contributed by atoms with Crippen molar-refractivity contribution in [2.24, 2.45) is 17.6 Å². The smallest absolute Gasteiger partial charge is 0.226 e. The van der Waals surface area contributed by atoms with Crippen LogP contribution in [0.15, 0.2) is 0 Å². The highest BCUT2D eigenvalue weighted by atomic mass is 32.1. The summed E-state index contributed by atoms with van der Waals surface area (Å²) in [4.78, 5) is 12.6. The van der Waals surface area contributed by atoms with Gasteiger partial charge in [0.25, 0.3) is 0 Å². The summed E-state index contributed by atoms with van der Waals surface area (Å²) < 4.78 is 5.53. The first-order chi connectivity index (χ1) is 8.13. The normalized spacial score (nSPS) is 29.9. The highest BCUT2D eigenvalue weighted by molar-refractivity contribution is 7.80. The zero-order chi connectivity index (χ0) is 12.4. The van der Waals surface area contributed by atoms with Gasteiger partial charge in [0.15, 0.2) is 0 Å². The molecule has 1 saturated carbocycles. The number of hydrogen-bond acceptors (Lipinski definition) is 3. The SMILES string of the molecule is CCC1OCCC1C(=O)NC(C(N)=S)C1CC1. The van der Waals surface area contributed by atoms with Crippen LogP contribution in [0, 0.1) is 11.8 Å². The number of nitrogens with one attached hydrogen (secondary N) is 1. The maximum Gasteiger partial charge on any atom is 0.226 e. The lowest BCUT2D eigenvalue weighted by Crippen LogP contribution is -2.48. The van der Waals surface area contributed by atoms with Gasteiger partial charge in [0.05, 0.1) is 23.1 Å². The maximum atomic E-state index is 12.2. The highest BCUT2D eigenvalue weighted by Gasteiger charge is 2.38. The van der Waals surface area contributed by atoms with Crippen molar-refractivity contribution in [1.29, 1.82) is 0 Å². The molecule has 17 heavy (non-hydrogen) atoms. The number of carbonyl (C=O) groups is 1. The number of amides is 1. The summed E-state index contributed by atoms with van der Waals surface area (Å²) in [5, 5.41) is 3.00. The minimum atomic E-state index is -0.115. The molecule has 0 aromatic carbocycles. The first kappa shape index (κ1) is 12.8. The first-order valence-electron chi connectivity index (χ1n) is 6.34. The fraction of sp³-hybridized carbons (Fsp3) is 0.833. The number of carbonyl (C=O) groups excluding carboxylic acids is 1. The Morgan fingerprint density at radius 2 is 2.24 bits per heavy atom. The van der Waals surface area contributed by atoms with E-state index >= 15 is 0 Å². The summed E-state index contributed by atoms with van der Waals surface area (Å²) >= 11 is 5.02. The number of ether oxygens (including phenoxy) is 1. The van der Waals surface area contributed by atoms with Crippen molar-refractivity contribution >= 4 is 23.1 Å². The quantitative estimate of drug-likeness (QED) is 0.720. The van der Waals surface area contributed by atoms with Crippen molar-refractivity contribution in [2.75, 3.05) is 6.61 Å². The Morgan fingerprint density at radius 3 is 2.76 bits per heavy atom. The van der Waals surface area contributed by atoms with E-state index in [-0.39, 0.29) is 24.0 Å². The maximum absolute atomic E-state index is 12.2. The van der Waals surface area contributed by atoms with E-state index in [1.54, 1.807) is 0 Å². The molecule has 0 aromatic heterocycles. The highest BCUT2D eigenvalue weighted by Crippen LogP contribution is 2.33. The Morgan fingerprint density at radius 1 is 1.53 bits per heavy atom. The van der Waals surface area contributed by atoms with Crippen LogP contribution in [0.1, 0.15) is 32.6 Å². The van der Waals surface area contributed by atoms with Gasteiger partial charge < -0.3 is 15.8 Å². The molecular weight excluding hydrogens is 236 g/mol. The second-order valence-corrected chi connectivity index (χ2v) is 5.41. The molecule has 3 atom stereocenters. The van der Waals surface area contributed by atoms with Crippen LogP contribution in [0.3, 0.4) is 0 Å². The molecule has 1 aliphatic carbocycles. The second-order valence-electron chi connectivity index (χ2n) is 4.94. The Labute approximate surface area is 107 Å². The van der Waals surface area contributed by atoms with Crippen LogP contribution in [0.25, 0.3) is 0 Å². The van der Waals surface area contributed by atoms with E-state index in [0.717, 1.165) is 25.7 Å². The van der Waals surface area contributed by atoms with Crippen LogP contribution < -0.4 is 11.1 Å². The summed E-state index contributed by atoms with van der Waals surface area (Å²) in [6.07, 6.45) is 3.96. The molecule has 2 rings (SSSR count). The van der Waals surface area contributed by atoms with E-state index in [1.807, 2.05) is 6.92 Å². The second kappa shape index (κ2) is 5.31. The minimum absolute atomic E-state index is 0.0319. The summed E-state index contributed by atoms with van der Waals surface area (Å²) in [5.74, 6) is 0.480. The molecule has 0 aromatic rings. The average molecular weight is 256 g/mol. The van der Waals surface area contributed by atoms with Gasteiger partial charge in [0.2, 0.25) is 5.91 Å². The Balaban J connectivity index is 1.92. The molecule has 3 N–H and O–H groups in total. The molecule has 2 aliphatic rings. The van der Waals surface area contributed by atoms with Crippen LogP contribution in [0.4, 0.5) is 0 Å². The lowest BCUT2D eigenvalue weighted by molar-refractivity contribution is -0.127. The molecule has 3 unspecified atom stereocenters. The van der Waals surface area contributed by atoms with E-state index in [4.69, 9.17) is 22.7 Å². The largest absolute Gasteiger partial charge is 0.392 e. The zero-order valence-electron chi connectivity index (χ0n) is 10.1. The van der Waals surface area contributed by atoms with Crippen LogP contribution in [-0.2, 0) is 9.53 Å². The monoisotopic (exact) mass is 256 g/mol. The van der Waals surface area contributed by atoms with Gasteiger partial charge in [-0.2, -0.15) is 0 Å². The van der Waals surface area contributed by atoms with Crippen molar-refractivity contribution in [3.63, 3.8) is 0 Å². The lowest BCUT2D eigenvalue weighted by Gasteiger charge is -2.21. The first-order valence-corrected chi connectivity index (χ1v) is 6.75. The van der Waals surface area contributed by atoms with Crippen molar-refractivity contribution in [2.45, 2.75) is 44.8 Å². The average Bonchev–Trinajstić information content (AvgIpc) is 3.01. The van der Waals surface area contributed by atoms with Crippen LogP contribution in [0.5, 0.6) is 0 Å². The fourth-order valence-corrected chi connectivity index (χ4v) is 2.71. The summed E-state index contributed by atoms with van der Waals surface area (Å²) in [5.41, 5.74) is 5.68.